The van der Waals surface area contributed by atoms with E-state index in [-0.39, 0.29) is 0 Å². The quantitative estimate of drug-likeness (QED) is 0.165. The molecule has 0 atom stereocenters. The molecule has 0 N–H and O–H groups in total. The third-order valence-corrected chi connectivity index (χ3v) is 11.2. The van der Waals surface area contributed by atoms with E-state index in [1.165, 1.54) is 55.3 Å². The molecular formula is C50H34N4+2. The number of hydrogen-bond acceptors (Lipinski definition) is 1. The molecule has 0 unspecified atom stereocenters. The number of pyridine rings is 1. The van der Waals surface area contributed by atoms with E-state index in [1.807, 2.05) is 6.07 Å². The highest BCUT2D eigenvalue weighted by molar-refractivity contribution is 6.13. The Bertz CT molecular complexity index is 2990. The van der Waals surface area contributed by atoms with Gasteiger partial charge in [-0.05, 0) is 80.0 Å². The van der Waals surface area contributed by atoms with Crippen molar-refractivity contribution in [2.45, 2.75) is 5.41 Å². The number of aromatic nitrogens is 4. The molecule has 252 valence electrons. The first-order valence-corrected chi connectivity index (χ1v) is 18.5. The van der Waals surface area contributed by atoms with E-state index in [0.717, 1.165) is 28.1 Å². The van der Waals surface area contributed by atoms with Crippen LogP contribution in [0.1, 0.15) is 22.3 Å². The lowest BCUT2D eigenvalue weighted by Gasteiger charge is -2.34. The molecule has 4 nitrogen and oxygen atoms in total. The van der Waals surface area contributed by atoms with Crippen LogP contribution in [0.4, 0.5) is 0 Å². The fourth-order valence-corrected chi connectivity index (χ4v) is 8.95. The molecule has 1 aliphatic carbocycles. The molecule has 0 bridgehead atoms. The van der Waals surface area contributed by atoms with Crippen molar-refractivity contribution < 1.29 is 9.08 Å². The number of hydrogen-bond donors (Lipinski definition) is 0. The van der Waals surface area contributed by atoms with Gasteiger partial charge in [-0.2, -0.15) is 4.68 Å². The minimum absolute atomic E-state index is 0.604. The molecule has 0 spiro atoms. The first-order valence-electron chi connectivity index (χ1n) is 18.5. The lowest BCUT2D eigenvalue weighted by atomic mass is 9.67. The average Bonchev–Trinajstić information content (AvgIpc) is 3.75. The van der Waals surface area contributed by atoms with Crippen molar-refractivity contribution in [3.8, 4) is 33.6 Å². The maximum atomic E-state index is 5.37. The molecule has 0 aliphatic heterocycles. The Balaban J connectivity index is 1.38. The van der Waals surface area contributed by atoms with Crippen LogP contribution in [-0.4, -0.2) is 9.66 Å². The summed E-state index contributed by atoms with van der Waals surface area (Å²) in [4.78, 5) is 5.37. The number of nitrogens with zero attached hydrogens (tertiary/aromatic N) is 4. The molecule has 0 saturated heterocycles. The summed E-state index contributed by atoms with van der Waals surface area (Å²) in [5, 5.41) is 2.38. The van der Waals surface area contributed by atoms with E-state index >= 15 is 0 Å². The molecule has 54 heavy (non-hydrogen) atoms. The Morgan fingerprint density at radius 2 is 1.11 bits per heavy atom. The molecule has 10 aromatic rings. The van der Waals surface area contributed by atoms with Gasteiger partial charge in [-0.3, -0.25) is 0 Å². The van der Waals surface area contributed by atoms with E-state index in [0.29, 0.717) is 0 Å². The zero-order valence-electron chi connectivity index (χ0n) is 29.4. The van der Waals surface area contributed by atoms with Crippen molar-refractivity contribution >= 4 is 27.5 Å². The number of benzene rings is 7. The summed E-state index contributed by atoms with van der Waals surface area (Å²) in [5.41, 5.74) is 13.4. The number of rotatable bonds is 5. The molecule has 0 amide bonds. The highest BCUT2D eigenvalue weighted by atomic mass is 15.5. The summed E-state index contributed by atoms with van der Waals surface area (Å²) >= 11 is 0. The second kappa shape index (κ2) is 11.9. The Morgan fingerprint density at radius 1 is 0.481 bits per heavy atom. The van der Waals surface area contributed by atoms with Crippen molar-refractivity contribution in [1.29, 1.82) is 0 Å². The molecule has 0 radical (unpaired) electrons. The van der Waals surface area contributed by atoms with Gasteiger partial charge in [-0.25, -0.2) is 0 Å². The van der Waals surface area contributed by atoms with Gasteiger partial charge < -0.3 is 0 Å². The second-order valence-electron chi connectivity index (χ2n) is 14.0. The van der Waals surface area contributed by atoms with Crippen LogP contribution in [0.3, 0.4) is 0 Å². The van der Waals surface area contributed by atoms with Crippen molar-refractivity contribution in [2.75, 3.05) is 0 Å². The van der Waals surface area contributed by atoms with Gasteiger partial charge in [0.2, 0.25) is 0 Å². The highest BCUT2D eigenvalue weighted by Gasteiger charge is 2.49. The van der Waals surface area contributed by atoms with E-state index in [2.05, 4.69) is 214 Å². The van der Waals surface area contributed by atoms with Crippen molar-refractivity contribution in [1.82, 2.24) is 9.66 Å². The third-order valence-electron chi connectivity index (χ3n) is 11.2. The van der Waals surface area contributed by atoms with Gasteiger partial charge in [0.1, 0.15) is 11.7 Å². The van der Waals surface area contributed by atoms with Crippen LogP contribution in [0.2, 0.25) is 0 Å². The van der Waals surface area contributed by atoms with Gasteiger partial charge >= 0.3 is 17.8 Å². The first-order chi connectivity index (χ1) is 26.8. The molecule has 7 aromatic carbocycles. The molecule has 1 aliphatic rings. The molecular weight excluding hydrogens is 657 g/mol. The van der Waals surface area contributed by atoms with Crippen LogP contribution in [-0.2, 0) is 5.41 Å². The fraction of sp³-hybridized carbons (Fsp3) is 0.0200. The predicted octanol–water partition coefficient (Wildman–Crippen LogP) is 10.2. The third kappa shape index (κ3) is 4.34. The maximum absolute atomic E-state index is 5.37. The monoisotopic (exact) mass is 690 g/mol. The molecule has 3 aromatic heterocycles. The van der Waals surface area contributed by atoms with Crippen LogP contribution in [0, 0.1) is 0 Å². The van der Waals surface area contributed by atoms with Gasteiger partial charge in [0.25, 0.3) is 0 Å². The first kappa shape index (κ1) is 30.5. The maximum Gasteiger partial charge on any atom is 0.427 e. The summed E-state index contributed by atoms with van der Waals surface area (Å²) in [5.74, 6) is 0.853. The van der Waals surface area contributed by atoms with E-state index in [4.69, 9.17) is 4.98 Å². The second-order valence-corrected chi connectivity index (χ2v) is 14.0. The minimum Gasteiger partial charge on any atom is -0.151 e. The zero-order valence-corrected chi connectivity index (χ0v) is 29.4. The van der Waals surface area contributed by atoms with E-state index < -0.39 is 5.41 Å². The summed E-state index contributed by atoms with van der Waals surface area (Å²) in [7, 11) is 0. The van der Waals surface area contributed by atoms with Crippen LogP contribution in [0.5, 0.6) is 0 Å². The fourth-order valence-electron chi connectivity index (χ4n) is 8.95. The SMILES string of the molecule is c1ccc(-c2ccc3c(c2)c2ccc4c(c2n3-[n+]2c[n+]3ccccc3nc2-c2ccccc2)C(c2ccccc2)(c2ccccc2)c2ccccc2-4)cc1. The molecule has 4 heteroatoms. The van der Waals surface area contributed by atoms with E-state index in [9.17, 15) is 0 Å². The Hall–Kier alpha value is -7.17. The van der Waals surface area contributed by atoms with E-state index in [1.54, 1.807) is 0 Å². The highest BCUT2D eigenvalue weighted by Crippen LogP contribution is 2.58. The topological polar surface area (TPSA) is 25.8 Å². The van der Waals surface area contributed by atoms with Crippen molar-refractivity contribution in [3.05, 3.63) is 229 Å². The van der Waals surface area contributed by atoms with Gasteiger partial charge in [0.15, 0.2) is 0 Å². The van der Waals surface area contributed by atoms with Crippen LogP contribution < -0.4 is 9.08 Å². The standard InChI is InChI=1S/C50H34N4/c1-5-17-35(18-6-1)37-28-31-45-43(33-37)42-30-29-41-40-25-13-14-26-44(40)50(38-21-9-3-10-22-38,39-23-11-4-12-24-39)47(41)48(42)54(45)53-34-52-32-16-15-27-46(52)51-49(53)36-19-7-2-8-20-36/h1-34H/q+2. The smallest absolute Gasteiger partial charge is 0.151 e. The van der Waals surface area contributed by atoms with Gasteiger partial charge in [0, 0.05) is 16.3 Å². The summed E-state index contributed by atoms with van der Waals surface area (Å²) in [6.45, 7) is 0. The van der Waals surface area contributed by atoms with Crippen LogP contribution >= 0.6 is 0 Å². The molecule has 3 heterocycles. The Labute approximate surface area is 313 Å². The molecule has 11 rings (SSSR count). The lowest BCUT2D eigenvalue weighted by Crippen LogP contribution is -2.50. The largest absolute Gasteiger partial charge is 0.427 e. The zero-order chi connectivity index (χ0) is 35.6. The van der Waals surface area contributed by atoms with Crippen LogP contribution in [0.15, 0.2) is 207 Å². The Kier molecular flexibility index (Phi) is 6.73. The number of fused-ring (bicyclic) bond motifs is 8. The van der Waals surface area contributed by atoms with Gasteiger partial charge in [0.05, 0.1) is 27.5 Å². The minimum atomic E-state index is -0.604. The summed E-state index contributed by atoms with van der Waals surface area (Å²) in [6.07, 6.45) is 4.26. The van der Waals surface area contributed by atoms with Crippen molar-refractivity contribution in [3.63, 3.8) is 0 Å². The summed E-state index contributed by atoms with van der Waals surface area (Å²) < 4.78 is 6.81. The predicted molar refractivity (Wildman–Crippen MR) is 216 cm³/mol. The van der Waals surface area contributed by atoms with Gasteiger partial charge in [-0.15, -0.1) is 4.40 Å². The normalized spacial score (nSPS) is 13.0. The molecule has 0 saturated carbocycles. The van der Waals surface area contributed by atoms with Crippen LogP contribution in [0.25, 0.3) is 61.1 Å². The Morgan fingerprint density at radius 3 is 1.83 bits per heavy atom. The molecule has 0 fully saturated rings. The van der Waals surface area contributed by atoms with Crippen molar-refractivity contribution in [2.24, 2.45) is 0 Å². The average molecular weight is 691 g/mol. The lowest BCUT2D eigenvalue weighted by molar-refractivity contribution is -0.780. The summed E-state index contributed by atoms with van der Waals surface area (Å²) in [6, 6.07) is 70.1. The van der Waals surface area contributed by atoms with Gasteiger partial charge in [-0.1, -0.05) is 152 Å².